The van der Waals surface area contributed by atoms with Crippen LogP contribution < -0.4 is 15.0 Å². The van der Waals surface area contributed by atoms with Gasteiger partial charge in [-0.25, -0.2) is 0 Å². The Kier molecular flexibility index (Phi) is 6.85. The fourth-order valence-electron chi connectivity index (χ4n) is 5.23. The average molecular weight is 560 g/mol. The predicted octanol–water partition coefficient (Wildman–Crippen LogP) is 7.18. The van der Waals surface area contributed by atoms with Crippen molar-refractivity contribution in [1.29, 1.82) is 0 Å². The molecule has 0 radical (unpaired) electrons. The van der Waals surface area contributed by atoms with Gasteiger partial charge < -0.3 is 10.1 Å². The highest BCUT2D eigenvalue weighted by Crippen LogP contribution is 2.48. The summed E-state index contributed by atoms with van der Waals surface area (Å²) in [5, 5.41) is 3.08. The number of para-hydroxylation sites is 2. The summed E-state index contributed by atoms with van der Waals surface area (Å²) in [6, 6.07) is 15.0. The topological polar surface area (TPSA) is 58.6 Å². The fourth-order valence-corrected chi connectivity index (χ4v) is 5.23. The van der Waals surface area contributed by atoms with Crippen LogP contribution in [0.25, 0.3) is 0 Å². The number of anilines is 2. The van der Waals surface area contributed by atoms with Crippen LogP contribution in [0.4, 0.5) is 37.7 Å². The molecule has 0 saturated heterocycles. The molecule has 40 heavy (non-hydrogen) atoms. The summed E-state index contributed by atoms with van der Waals surface area (Å²) in [6.07, 6.45) is -9.81. The molecule has 1 N–H and O–H groups in total. The van der Waals surface area contributed by atoms with E-state index in [1.165, 1.54) is 61.7 Å². The maximum atomic E-state index is 14.0. The summed E-state index contributed by atoms with van der Waals surface area (Å²) < 4.78 is 86.3. The van der Waals surface area contributed by atoms with E-state index in [4.69, 9.17) is 4.74 Å². The lowest BCUT2D eigenvalue weighted by Gasteiger charge is -2.35. The third-order valence-electron chi connectivity index (χ3n) is 7.09. The zero-order chi connectivity index (χ0) is 28.8. The van der Waals surface area contributed by atoms with Gasteiger partial charge in [0.05, 0.1) is 30.1 Å². The van der Waals surface area contributed by atoms with E-state index in [9.17, 15) is 35.9 Å². The number of nitrogens with zero attached hydrogens (tertiary/aromatic N) is 1. The van der Waals surface area contributed by atoms with Crippen molar-refractivity contribution in [3.05, 3.63) is 101 Å². The molecule has 5 nitrogen and oxygen atoms in total. The molecular weight excluding hydrogens is 538 g/mol. The molecule has 3 aromatic carbocycles. The zero-order valence-corrected chi connectivity index (χ0v) is 20.9. The number of hydrogen-bond donors (Lipinski definition) is 1. The van der Waals surface area contributed by atoms with E-state index in [1.807, 2.05) is 0 Å². The van der Waals surface area contributed by atoms with Crippen molar-refractivity contribution in [2.24, 2.45) is 0 Å². The van der Waals surface area contributed by atoms with Crippen molar-refractivity contribution < 1.29 is 40.7 Å². The molecule has 3 aromatic rings. The van der Waals surface area contributed by atoms with Gasteiger partial charge in [0.15, 0.2) is 5.78 Å². The Balaban J connectivity index is 1.67. The minimum atomic E-state index is -5.25. The molecule has 0 spiro atoms. The Hall–Kier alpha value is -4.28. The second-order valence-electron chi connectivity index (χ2n) is 9.53. The van der Waals surface area contributed by atoms with Crippen LogP contribution >= 0.6 is 0 Å². The summed E-state index contributed by atoms with van der Waals surface area (Å²) in [6.45, 7) is 0. The van der Waals surface area contributed by atoms with Gasteiger partial charge in [0.25, 0.3) is 0 Å². The lowest BCUT2D eigenvalue weighted by Crippen LogP contribution is -2.45. The summed E-state index contributed by atoms with van der Waals surface area (Å²) in [5.41, 5.74) is 0.306. The van der Waals surface area contributed by atoms with Gasteiger partial charge in [0, 0.05) is 17.7 Å². The van der Waals surface area contributed by atoms with E-state index in [1.54, 1.807) is 6.07 Å². The number of amides is 1. The normalized spacial score (nSPS) is 19.4. The molecule has 1 heterocycles. The number of carbonyl (C=O) groups is 2. The van der Waals surface area contributed by atoms with Crippen LogP contribution in [0.5, 0.6) is 5.75 Å². The number of halogens is 6. The van der Waals surface area contributed by atoms with Crippen molar-refractivity contribution >= 4 is 23.1 Å². The van der Waals surface area contributed by atoms with Gasteiger partial charge in [-0.1, -0.05) is 36.4 Å². The number of fused-ring (bicyclic) bond motifs is 1. The number of Topliss-reactive ketones (excluding diaryl/α,β-unsaturated/α-hetero) is 1. The van der Waals surface area contributed by atoms with Gasteiger partial charge in [-0.05, 0) is 59.9 Å². The van der Waals surface area contributed by atoms with Crippen molar-refractivity contribution in [2.45, 2.75) is 37.2 Å². The van der Waals surface area contributed by atoms with Crippen LogP contribution in [-0.2, 0) is 15.8 Å². The van der Waals surface area contributed by atoms with E-state index in [-0.39, 0.29) is 35.4 Å². The molecule has 2 aliphatic rings. The standard InChI is InChI=1S/C29H22F6N2O3/c1-40-20-12-8-17(9-13-20)26-25-22(36-21-4-2-3-5-23(21)37(26)27(39)29(33,34)35)14-18(15-24(25)38)16-6-10-19(11-7-16)28(30,31)32/h2-13,18,26,36H,14-15H2,1H3/t18-,26-/m0/s1. The molecule has 0 saturated carbocycles. The fraction of sp³-hybridized carbons (Fsp3) is 0.241. The van der Waals surface area contributed by atoms with E-state index in [2.05, 4.69) is 5.32 Å². The van der Waals surface area contributed by atoms with Crippen LogP contribution in [0.15, 0.2) is 84.1 Å². The number of allylic oxidation sites excluding steroid dienone is 1. The number of benzene rings is 3. The van der Waals surface area contributed by atoms with Crippen LogP contribution in [0, 0.1) is 0 Å². The quantitative estimate of drug-likeness (QED) is 0.345. The smallest absolute Gasteiger partial charge is 0.471 e. The average Bonchev–Trinajstić information content (AvgIpc) is 3.06. The van der Waals surface area contributed by atoms with Crippen LogP contribution in [0.2, 0.25) is 0 Å². The molecule has 208 valence electrons. The molecule has 0 fully saturated rings. The maximum absolute atomic E-state index is 14.0. The molecule has 1 amide bonds. The Labute approximate surface area is 225 Å². The Morgan fingerprint density at radius 1 is 0.875 bits per heavy atom. The van der Waals surface area contributed by atoms with E-state index in [0.29, 0.717) is 21.9 Å². The first-order chi connectivity index (χ1) is 18.9. The predicted molar refractivity (Wildman–Crippen MR) is 135 cm³/mol. The first-order valence-electron chi connectivity index (χ1n) is 12.2. The molecular formula is C29H22F6N2O3. The van der Waals surface area contributed by atoms with Crippen molar-refractivity contribution in [1.82, 2.24) is 0 Å². The van der Waals surface area contributed by atoms with Gasteiger partial charge >= 0.3 is 18.3 Å². The van der Waals surface area contributed by atoms with Crippen LogP contribution in [0.3, 0.4) is 0 Å². The lowest BCUT2D eigenvalue weighted by molar-refractivity contribution is -0.170. The first kappa shape index (κ1) is 27.3. The SMILES string of the molecule is COc1ccc([C@H]2C3=C(C[C@H](c4ccc(C(F)(F)F)cc4)CC3=O)Nc3ccccc3N2C(=O)C(F)(F)F)cc1. The Morgan fingerprint density at radius 2 is 1.50 bits per heavy atom. The molecule has 11 heteroatoms. The number of methoxy groups -OCH3 is 1. The summed E-state index contributed by atoms with van der Waals surface area (Å²) in [7, 11) is 1.42. The second kappa shape index (κ2) is 10.0. The number of ketones is 1. The molecule has 2 atom stereocenters. The van der Waals surface area contributed by atoms with Gasteiger partial charge in [-0.3, -0.25) is 14.5 Å². The van der Waals surface area contributed by atoms with Gasteiger partial charge in [-0.2, -0.15) is 26.3 Å². The number of rotatable bonds is 3. The van der Waals surface area contributed by atoms with Crippen molar-refractivity contribution in [3.63, 3.8) is 0 Å². The van der Waals surface area contributed by atoms with Gasteiger partial charge in [0.1, 0.15) is 5.75 Å². The number of hydrogen-bond acceptors (Lipinski definition) is 4. The van der Waals surface area contributed by atoms with E-state index >= 15 is 0 Å². The number of alkyl halides is 6. The van der Waals surface area contributed by atoms with E-state index in [0.717, 1.165) is 12.1 Å². The van der Waals surface area contributed by atoms with Gasteiger partial charge in [0.2, 0.25) is 0 Å². The highest BCUT2D eigenvalue weighted by molar-refractivity contribution is 6.07. The van der Waals surface area contributed by atoms with Crippen molar-refractivity contribution in [3.8, 4) is 5.75 Å². The molecule has 0 unspecified atom stereocenters. The lowest BCUT2D eigenvalue weighted by atomic mass is 9.78. The summed E-state index contributed by atoms with van der Waals surface area (Å²) in [5.74, 6) is -2.77. The minimum Gasteiger partial charge on any atom is -0.497 e. The van der Waals surface area contributed by atoms with Crippen LogP contribution in [-0.4, -0.2) is 25.0 Å². The van der Waals surface area contributed by atoms with Gasteiger partial charge in [-0.15, -0.1) is 0 Å². The molecule has 1 aliphatic carbocycles. The highest BCUT2D eigenvalue weighted by atomic mass is 19.4. The number of ether oxygens (including phenoxy) is 1. The summed E-state index contributed by atoms with van der Waals surface area (Å²) >= 11 is 0. The van der Waals surface area contributed by atoms with E-state index < -0.39 is 41.6 Å². The molecule has 5 rings (SSSR count). The largest absolute Gasteiger partial charge is 0.497 e. The molecule has 0 aromatic heterocycles. The molecule has 0 bridgehead atoms. The maximum Gasteiger partial charge on any atom is 0.471 e. The molecule has 1 aliphatic heterocycles. The highest BCUT2D eigenvalue weighted by Gasteiger charge is 2.50. The van der Waals surface area contributed by atoms with Crippen LogP contribution in [0.1, 0.15) is 41.5 Å². The number of nitrogens with one attached hydrogen (secondary N) is 1. The first-order valence-corrected chi connectivity index (χ1v) is 12.2. The zero-order valence-electron chi connectivity index (χ0n) is 20.9. The van der Waals surface area contributed by atoms with Crippen molar-refractivity contribution in [2.75, 3.05) is 17.3 Å². The number of carbonyl (C=O) groups excluding carboxylic acids is 2. The third-order valence-corrected chi connectivity index (χ3v) is 7.09. The Morgan fingerprint density at radius 3 is 2.10 bits per heavy atom. The minimum absolute atomic E-state index is 0.0119. The summed E-state index contributed by atoms with van der Waals surface area (Å²) in [4.78, 5) is 27.3. The Bertz CT molecular complexity index is 1480. The second-order valence-corrected chi connectivity index (χ2v) is 9.53. The third kappa shape index (κ3) is 5.03. The monoisotopic (exact) mass is 560 g/mol.